The Kier molecular flexibility index (Phi) is 3.02. The molecule has 1 heterocycles. The predicted octanol–water partition coefficient (Wildman–Crippen LogP) is 4.78. The van der Waals surface area contributed by atoms with Gasteiger partial charge in [-0.25, -0.2) is 0 Å². The van der Waals surface area contributed by atoms with E-state index in [1.165, 1.54) is 22.1 Å². The zero-order valence-electron chi connectivity index (χ0n) is 9.85. The van der Waals surface area contributed by atoms with Gasteiger partial charge in [0.05, 0.1) is 5.69 Å². The highest BCUT2D eigenvalue weighted by Crippen LogP contribution is 2.34. The van der Waals surface area contributed by atoms with E-state index >= 15 is 0 Å². The summed E-state index contributed by atoms with van der Waals surface area (Å²) < 4.78 is 1.07. The molecule has 0 aliphatic rings. The largest absolute Gasteiger partial charge is 0.397 e. The molecule has 0 bridgehead atoms. The van der Waals surface area contributed by atoms with Crippen LogP contribution in [0.25, 0.3) is 21.2 Å². The maximum atomic E-state index is 8.96. The molecule has 2 aromatic carbocycles. The Morgan fingerprint density at radius 1 is 1.05 bits per heavy atom. The molecule has 0 spiro atoms. The highest BCUT2D eigenvalue weighted by Gasteiger charge is 2.08. The lowest BCUT2D eigenvalue weighted by atomic mass is 10.1. The molecule has 0 saturated carbocycles. The first-order valence-corrected chi connectivity index (χ1v) is 7.27. The fourth-order valence-corrected chi connectivity index (χ4v) is 3.26. The van der Waals surface area contributed by atoms with Gasteiger partial charge in [0.25, 0.3) is 0 Å². The first-order valence-electron chi connectivity index (χ1n) is 5.66. The Labute approximate surface area is 123 Å². The van der Waals surface area contributed by atoms with Crippen LogP contribution in [0.3, 0.4) is 0 Å². The third-order valence-electron chi connectivity index (χ3n) is 2.95. The van der Waals surface area contributed by atoms with Gasteiger partial charge in [0.15, 0.2) is 0 Å². The molecule has 0 aliphatic heterocycles. The van der Waals surface area contributed by atoms with Crippen molar-refractivity contribution in [2.75, 3.05) is 5.73 Å². The van der Waals surface area contributed by atoms with Gasteiger partial charge in [0, 0.05) is 9.35 Å². The van der Waals surface area contributed by atoms with E-state index < -0.39 is 0 Å². The topological polar surface area (TPSA) is 49.8 Å². The monoisotopic (exact) mass is 328 g/mol. The number of benzene rings is 2. The second-order valence-corrected chi connectivity index (χ2v) is 6.18. The van der Waals surface area contributed by atoms with E-state index in [1.807, 2.05) is 12.1 Å². The van der Waals surface area contributed by atoms with Crippen molar-refractivity contribution in [1.29, 1.82) is 5.26 Å². The summed E-state index contributed by atoms with van der Waals surface area (Å²) in [4.78, 5) is 1.60. The Morgan fingerprint density at radius 2 is 1.79 bits per heavy atom. The number of hydrogen-bond acceptors (Lipinski definition) is 3. The third kappa shape index (κ3) is 2.23. The van der Waals surface area contributed by atoms with E-state index in [-0.39, 0.29) is 0 Å². The van der Waals surface area contributed by atoms with Crippen LogP contribution in [0.1, 0.15) is 4.88 Å². The smallest absolute Gasteiger partial charge is 0.128 e. The number of anilines is 1. The highest BCUT2D eigenvalue weighted by atomic mass is 79.9. The number of fused-ring (bicyclic) bond motifs is 1. The summed E-state index contributed by atoms with van der Waals surface area (Å²) in [5.41, 5.74) is 7.45. The van der Waals surface area contributed by atoms with Gasteiger partial charge < -0.3 is 5.73 Å². The SMILES string of the molecule is N#Cc1sc(-c2ccc3cc(Br)ccc3c2)cc1N. The summed E-state index contributed by atoms with van der Waals surface area (Å²) in [5.74, 6) is 0. The van der Waals surface area contributed by atoms with E-state index in [4.69, 9.17) is 11.0 Å². The van der Waals surface area contributed by atoms with E-state index in [0.717, 1.165) is 14.9 Å². The van der Waals surface area contributed by atoms with Gasteiger partial charge >= 0.3 is 0 Å². The number of nitrogen functional groups attached to an aromatic ring is 1. The van der Waals surface area contributed by atoms with Gasteiger partial charge in [-0.2, -0.15) is 5.26 Å². The first kappa shape index (κ1) is 12.2. The van der Waals surface area contributed by atoms with Gasteiger partial charge in [-0.1, -0.05) is 34.1 Å². The summed E-state index contributed by atoms with van der Waals surface area (Å²) >= 11 is 4.90. The first-order chi connectivity index (χ1) is 9.17. The van der Waals surface area contributed by atoms with E-state index in [9.17, 15) is 0 Å². The molecule has 92 valence electrons. The summed E-state index contributed by atoms with van der Waals surface area (Å²) in [7, 11) is 0. The van der Waals surface area contributed by atoms with Crippen molar-refractivity contribution < 1.29 is 0 Å². The van der Waals surface area contributed by atoms with Gasteiger partial charge in [-0.3, -0.25) is 0 Å². The van der Waals surface area contributed by atoms with Crippen molar-refractivity contribution >= 4 is 43.7 Å². The average Bonchev–Trinajstić information content (AvgIpc) is 2.79. The van der Waals surface area contributed by atoms with Crippen LogP contribution in [0.4, 0.5) is 5.69 Å². The van der Waals surface area contributed by atoms with Crippen LogP contribution in [0.15, 0.2) is 46.9 Å². The maximum absolute atomic E-state index is 8.96. The van der Waals surface area contributed by atoms with Gasteiger partial charge in [0.2, 0.25) is 0 Å². The van der Waals surface area contributed by atoms with Crippen LogP contribution >= 0.6 is 27.3 Å². The van der Waals surface area contributed by atoms with Gasteiger partial charge in [-0.05, 0) is 40.6 Å². The molecular weight excluding hydrogens is 320 g/mol. The lowest BCUT2D eigenvalue weighted by Crippen LogP contribution is -1.81. The van der Waals surface area contributed by atoms with Gasteiger partial charge in [0.1, 0.15) is 10.9 Å². The summed E-state index contributed by atoms with van der Waals surface area (Å²) in [5, 5.41) is 11.3. The van der Waals surface area contributed by atoms with Crippen LogP contribution in [0.5, 0.6) is 0 Å². The minimum atomic E-state index is 0.554. The zero-order valence-corrected chi connectivity index (χ0v) is 12.3. The molecule has 3 aromatic rings. The molecule has 0 unspecified atom stereocenters. The van der Waals surface area contributed by atoms with Crippen LogP contribution in [0, 0.1) is 11.3 Å². The van der Waals surface area contributed by atoms with Crippen molar-refractivity contribution in [2.24, 2.45) is 0 Å². The minimum Gasteiger partial charge on any atom is -0.397 e. The molecule has 0 atom stereocenters. The Bertz CT molecular complexity index is 815. The number of nitrogens with zero attached hydrogens (tertiary/aromatic N) is 1. The molecule has 0 fully saturated rings. The van der Waals surface area contributed by atoms with Crippen molar-refractivity contribution in [1.82, 2.24) is 0 Å². The molecule has 1 aromatic heterocycles. The standard InChI is InChI=1S/C15H9BrN2S/c16-12-4-3-9-5-11(2-1-10(9)6-12)14-7-13(18)15(8-17)19-14/h1-7H,18H2. The number of hydrogen-bond donors (Lipinski definition) is 1. The molecule has 4 heteroatoms. The third-order valence-corrected chi connectivity index (χ3v) is 4.55. The number of thiophene rings is 1. The number of nitriles is 1. The molecule has 0 radical (unpaired) electrons. The maximum Gasteiger partial charge on any atom is 0.128 e. The lowest BCUT2D eigenvalue weighted by molar-refractivity contribution is 1.52. The molecule has 0 saturated heterocycles. The van der Waals surface area contributed by atoms with Crippen LogP contribution in [0.2, 0.25) is 0 Å². The predicted molar refractivity (Wildman–Crippen MR) is 84.1 cm³/mol. The van der Waals surface area contributed by atoms with E-state index in [1.54, 1.807) is 0 Å². The van der Waals surface area contributed by atoms with Crippen molar-refractivity contribution in [3.63, 3.8) is 0 Å². The Hall–Kier alpha value is -1.83. The fraction of sp³-hybridized carbons (Fsp3) is 0. The lowest BCUT2D eigenvalue weighted by Gasteiger charge is -2.02. The fourth-order valence-electron chi connectivity index (χ4n) is 2.00. The summed E-state index contributed by atoms with van der Waals surface area (Å²) in [6.07, 6.45) is 0. The normalized spacial score (nSPS) is 10.5. The molecule has 3 rings (SSSR count). The second-order valence-electron chi connectivity index (χ2n) is 4.21. The van der Waals surface area contributed by atoms with E-state index in [0.29, 0.717) is 10.6 Å². The average molecular weight is 329 g/mol. The minimum absolute atomic E-state index is 0.554. The quantitative estimate of drug-likeness (QED) is 0.698. The number of nitrogens with two attached hydrogens (primary N) is 1. The van der Waals surface area contributed by atoms with E-state index in [2.05, 4.69) is 52.3 Å². The molecule has 0 aliphatic carbocycles. The van der Waals surface area contributed by atoms with Crippen molar-refractivity contribution in [3.8, 4) is 16.5 Å². The molecule has 19 heavy (non-hydrogen) atoms. The van der Waals surface area contributed by atoms with Crippen LogP contribution < -0.4 is 5.73 Å². The van der Waals surface area contributed by atoms with Crippen LogP contribution in [-0.2, 0) is 0 Å². The number of rotatable bonds is 1. The number of halogens is 1. The van der Waals surface area contributed by atoms with Gasteiger partial charge in [-0.15, -0.1) is 11.3 Å². The molecule has 2 nitrogen and oxygen atoms in total. The summed E-state index contributed by atoms with van der Waals surface area (Å²) in [6, 6.07) is 16.4. The Balaban J connectivity index is 2.15. The van der Waals surface area contributed by atoms with Crippen LogP contribution in [-0.4, -0.2) is 0 Å². The zero-order chi connectivity index (χ0) is 13.4. The van der Waals surface area contributed by atoms with Crippen molar-refractivity contribution in [3.05, 3.63) is 51.8 Å². The Morgan fingerprint density at radius 3 is 2.53 bits per heavy atom. The second kappa shape index (κ2) is 4.69. The summed E-state index contributed by atoms with van der Waals surface area (Å²) in [6.45, 7) is 0. The van der Waals surface area contributed by atoms with Crippen molar-refractivity contribution in [2.45, 2.75) is 0 Å². The molecule has 0 amide bonds. The highest BCUT2D eigenvalue weighted by molar-refractivity contribution is 9.10. The molecular formula is C15H9BrN2S. The molecule has 2 N–H and O–H groups in total.